The van der Waals surface area contributed by atoms with Gasteiger partial charge in [-0.15, -0.1) is 0 Å². The number of carboxylic acids is 1. The number of aliphatic hydroxyl groups excluding tert-OH is 3. The maximum absolute atomic E-state index is 10.6. The Morgan fingerprint density at radius 1 is 1.31 bits per heavy atom. The zero-order chi connectivity index (χ0) is 19.6. The summed E-state index contributed by atoms with van der Waals surface area (Å²) in [6, 6.07) is 1.71. The van der Waals surface area contributed by atoms with Crippen LogP contribution in [0.15, 0.2) is 18.6 Å². The Bertz CT molecular complexity index is 783. The summed E-state index contributed by atoms with van der Waals surface area (Å²) in [7, 11) is 0. The molecule has 6 N–H and O–H groups in total. The molecule has 3 rings (SSSR count). The molecule has 0 spiro atoms. The van der Waals surface area contributed by atoms with Gasteiger partial charge in [-0.05, 0) is 6.07 Å². The number of hydrogen-bond acceptors (Lipinski definition) is 8. The predicted molar refractivity (Wildman–Crippen MR) is 78.6 cm³/mol. The topological polar surface area (TPSA) is 164 Å². The Kier molecular flexibility index (Phi) is 5.65. The van der Waals surface area contributed by atoms with Crippen LogP contribution in [0, 0.1) is 0 Å². The van der Waals surface area contributed by atoms with Crippen LogP contribution in [0.1, 0.15) is 6.23 Å². The van der Waals surface area contributed by atoms with E-state index in [-0.39, 0.29) is 6.61 Å². The molecule has 2 aromatic rings. The fourth-order valence-electron chi connectivity index (χ4n) is 2.31. The van der Waals surface area contributed by atoms with Crippen LogP contribution in [-0.2, 0) is 9.53 Å². The average Bonchev–Trinajstić information content (AvgIpc) is 3.10. The fraction of sp³-hybridized carbons (Fsp3) is 0.462. The summed E-state index contributed by atoms with van der Waals surface area (Å²) in [5.41, 5.74) is 6.23. The predicted octanol–water partition coefficient (Wildman–Crippen LogP) is -0.742. The molecule has 144 valence electrons. The van der Waals surface area contributed by atoms with Crippen molar-refractivity contribution < 1.29 is 43.1 Å². The quantitative estimate of drug-likeness (QED) is 0.451. The van der Waals surface area contributed by atoms with Crippen molar-refractivity contribution in [1.82, 2.24) is 14.5 Å². The highest BCUT2D eigenvalue weighted by Gasteiger charge is 2.43. The van der Waals surface area contributed by atoms with Crippen molar-refractivity contribution in [1.29, 1.82) is 0 Å². The fourth-order valence-corrected chi connectivity index (χ4v) is 2.31. The molecule has 1 aliphatic rings. The maximum atomic E-state index is 10.6. The summed E-state index contributed by atoms with van der Waals surface area (Å²) in [6.45, 7) is -0.370. The molecule has 4 atom stereocenters. The minimum absolute atomic E-state index is 0.329. The molecule has 1 fully saturated rings. The summed E-state index contributed by atoms with van der Waals surface area (Å²) in [5, 5.41) is 36.6. The number of fused-ring (bicyclic) bond motifs is 1. The first kappa shape index (κ1) is 19.8. The highest BCUT2D eigenvalue weighted by molar-refractivity contribution is 5.86. The summed E-state index contributed by atoms with van der Waals surface area (Å²) < 4.78 is 38.7. The summed E-state index contributed by atoms with van der Waals surface area (Å²) >= 11 is 0. The molecule has 13 heteroatoms. The molecule has 0 bridgehead atoms. The zero-order valence-corrected chi connectivity index (χ0v) is 12.9. The number of aliphatic hydroxyl groups is 3. The normalized spacial score (nSPS) is 25.8. The van der Waals surface area contributed by atoms with Gasteiger partial charge in [0.25, 0.3) is 0 Å². The Morgan fingerprint density at radius 3 is 2.42 bits per heavy atom. The molecular weight excluding hydrogens is 365 g/mol. The van der Waals surface area contributed by atoms with Gasteiger partial charge in [-0.3, -0.25) is 0 Å². The summed E-state index contributed by atoms with van der Waals surface area (Å²) in [4.78, 5) is 16.9. The van der Waals surface area contributed by atoms with Crippen LogP contribution >= 0.6 is 0 Å². The second kappa shape index (κ2) is 7.41. The summed E-state index contributed by atoms with van der Waals surface area (Å²) in [5.74, 6) is -2.43. The number of carboxylic acid groups (broad SMARTS) is 1. The van der Waals surface area contributed by atoms with Crippen LogP contribution in [0.25, 0.3) is 11.0 Å². The van der Waals surface area contributed by atoms with Gasteiger partial charge in [-0.1, -0.05) is 0 Å². The van der Waals surface area contributed by atoms with E-state index in [1.54, 1.807) is 16.8 Å². The monoisotopic (exact) mass is 380 g/mol. The van der Waals surface area contributed by atoms with Crippen molar-refractivity contribution in [3.63, 3.8) is 0 Å². The number of rotatable bonds is 2. The highest BCUT2D eigenvalue weighted by atomic mass is 19.4. The lowest BCUT2D eigenvalue weighted by Crippen LogP contribution is -2.33. The van der Waals surface area contributed by atoms with Gasteiger partial charge in [-0.25, -0.2) is 14.8 Å². The molecule has 0 aliphatic carbocycles. The Balaban J connectivity index is 0.000000298. The minimum Gasteiger partial charge on any atom is -0.475 e. The van der Waals surface area contributed by atoms with E-state index in [0.717, 1.165) is 0 Å². The lowest BCUT2D eigenvalue weighted by molar-refractivity contribution is -0.192. The van der Waals surface area contributed by atoms with E-state index in [9.17, 15) is 23.4 Å². The van der Waals surface area contributed by atoms with Crippen LogP contribution in [0.4, 0.5) is 19.0 Å². The van der Waals surface area contributed by atoms with Gasteiger partial charge in [0.1, 0.15) is 36.1 Å². The number of ether oxygens (including phenoxy) is 1. The molecule has 26 heavy (non-hydrogen) atoms. The van der Waals surface area contributed by atoms with E-state index in [4.69, 9.17) is 25.5 Å². The Labute approximate surface area is 143 Å². The van der Waals surface area contributed by atoms with E-state index in [2.05, 4.69) is 9.97 Å². The molecule has 1 aliphatic heterocycles. The van der Waals surface area contributed by atoms with Gasteiger partial charge < -0.3 is 35.5 Å². The van der Waals surface area contributed by atoms with E-state index < -0.39 is 36.7 Å². The second-order valence-corrected chi connectivity index (χ2v) is 5.25. The number of anilines is 1. The van der Waals surface area contributed by atoms with Crippen LogP contribution < -0.4 is 5.73 Å². The molecule has 2 aromatic heterocycles. The highest BCUT2D eigenvalue weighted by Crippen LogP contribution is 2.32. The third kappa shape index (κ3) is 3.85. The number of carbonyl (C=O) groups is 1. The lowest BCUT2D eigenvalue weighted by Gasteiger charge is -2.17. The van der Waals surface area contributed by atoms with Gasteiger partial charge in [0.15, 0.2) is 6.23 Å². The number of nitrogens with two attached hydrogens (primary N) is 1. The number of alkyl halides is 3. The molecule has 0 unspecified atom stereocenters. The maximum Gasteiger partial charge on any atom is 0.490 e. The van der Waals surface area contributed by atoms with Crippen molar-refractivity contribution in [3.8, 4) is 0 Å². The zero-order valence-electron chi connectivity index (χ0n) is 12.9. The average molecular weight is 380 g/mol. The van der Waals surface area contributed by atoms with Gasteiger partial charge in [0, 0.05) is 6.20 Å². The van der Waals surface area contributed by atoms with E-state index >= 15 is 0 Å². The number of aromatic nitrogens is 3. The largest absolute Gasteiger partial charge is 0.490 e. The molecule has 0 aromatic carbocycles. The van der Waals surface area contributed by atoms with Gasteiger partial charge in [0.05, 0.1) is 12.0 Å². The minimum atomic E-state index is -5.08. The van der Waals surface area contributed by atoms with E-state index in [1.807, 2.05) is 0 Å². The molecule has 0 amide bonds. The number of nitrogens with zero attached hydrogens (tertiary/aromatic N) is 3. The van der Waals surface area contributed by atoms with Crippen LogP contribution in [-0.4, -0.2) is 72.0 Å². The third-order valence-corrected chi connectivity index (χ3v) is 3.57. The second-order valence-electron chi connectivity index (χ2n) is 5.25. The van der Waals surface area contributed by atoms with Crippen LogP contribution in [0.3, 0.4) is 0 Å². The standard InChI is InChI=1S/C11H14N4O4.C2HF3O2/c12-9-5-1-2-15(10(5)14-4-13-9)11-8(18)7(17)6(3-16)19-11;3-2(4,5)1(6)7/h1-2,4,6-8,11,16-18H,3H2,(H2,12,13,14);(H,6,7)/t6-,7-,8-,11-;/m1./s1. The number of hydrogen-bond donors (Lipinski definition) is 5. The van der Waals surface area contributed by atoms with Crippen molar-refractivity contribution in [2.45, 2.75) is 30.7 Å². The van der Waals surface area contributed by atoms with Crippen molar-refractivity contribution in [2.75, 3.05) is 12.3 Å². The number of halogens is 3. The number of nitrogen functional groups attached to an aromatic ring is 1. The van der Waals surface area contributed by atoms with Gasteiger partial charge in [-0.2, -0.15) is 13.2 Å². The third-order valence-electron chi connectivity index (χ3n) is 3.57. The first-order valence-electron chi connectivity index (χ1n) is 7.07. The van der Waals surface area contributed by atoms with Crippen molar-refractivity contribution in [3.05, 3.63) is 18.6 Å². The Morgan fingerprint density at radius 2 is 1.92 bits per heavy atom. The van der Waals surface area contributed by atoms with Crippen LogP contribution in [0.5, 0.6) is 0 Å². The molecule has 10 nitrogen and oxygen atoms in total. The molecule has 0 radical (unpaired) electrons. The number of aliphatic carboxylic acids is 1. The molecule has 3 heterocycles. The summed E-state index contributed by atoms with van der Waals surface area (Å²) in [6.07, 6.45) is -6.06. The molecular formula is C13H15F3N4O6. The molecule has 1 saturated heterocycles. The first-order chi connectivity index (χ1) is 12.1. The SMILES string of the molecule is Nc1ncnc2c1ccn2[C@@H]1O[C@H](CO)[C@@H](O)[C@H]1O.O=C(O)C(F)(F)F. The van der Waals surface area contributed by atoms with Gasteiger partial charge >= 0.3 is 12.1 Å². The van der Waals surface area contributed by atoms with E-state index in [0.29, 0.717) is 16.9 Å². The Hall–Kier alpha value is -2.48. The first-order valence-corrected chi connectivity index (χ1v) is 7.07. The van der Waals surface area contributed by atoms with Crippen LogP contribution in [0.2, 0.25) is 0 Å². The van der Waals surface area contributed by atoms with Crippen molar-refractivity contribution >= 4 is 22.8 Å². The lowest BCUT2D eigenvalue weighted by atomic mass is 10.1. The van der Waals surface area contributed by atoms with E-state index in [1.165, 1.54) is 6.33 Å². The van der Waals surface area contributed by atoms with Crippen molar-refractivity contribution in [2.24, 2.45) is 0 Å². The molecule has 0 saturated carbocycles. The van der Waals surface area contributed by atoms with Gasteiger partial charge in [0.2, 0.25) is 0 Å². The smallest absolute Gasteiger partial charge is 0.475 e.